The fourth-order valence-corrected chi connectivity index (χ4v) is 3.09. The lowest BCUT2D eigenvalue weighted by Crippen LogP contribution is -2.38. The van der Waals surface area contributed by atoms with Crippen molar-refractivity contribution in [3.05, 3.63) is 71.1 Å². The number of nitrogens with two attached hydrogens (primary N) is 1. The number of hydrogen-bond donors (Lipinski definition) is 2. The van der Waals surface area contributed by atoms with Gasteiger partial charge in [-0.1, -0.05) is 42.5 Å². The van der Waals surface area contributed by atoms with E-state index >= 15 is 0 Å². The maximum Gasteiger partial charge on any atom is 0.356 e. The second-order valence-corrected chi connectivity index (χ2v) is 7.41. The van der Waals surface area contributed by atoms with Gasteiger partial charge in [0.15, 0.2) is 0 Å². The van der Waals surface area contributed by atoms with Crippen LogP contribution in [0.5, 0.6) is 0 Å². The third kappa shape index (κ3) is 5.40. The van der Waals surface area contributed by atoms with Crippen molar-refractivity contribution < 1.29 is 14.6 Å². The largest absolute Gasteiger partial charge is 0.461 e. The molecule has 30 heavy (non-hydrogen) atoms. The van der Waals surface area contributed by atoms with Gasteiger partial charge in [0.1, 0.15) is 11.3 Å². The Morgan fingerprint density at radius 3 is 2.33 bits per heavy atom. The van der Waals surface area contributed by atoms with Gasteiger partial charge in [-0.05, 0) is 50.5 Å². The SMILES string of the molecule is CCOC(=O)/C(=C(/N)C(C)(C)O)N(CC)Cc1ccc(-c2ccccc2C#N)cc1. The average Bonchev–Trinajstić information content (AvgIpc) is 2.73. The van der Waals surface area contributed by atoms with Crippen LogP contribution in [0.25, 0.3) is 11.1 Å². The first-order chi connectivity index (χ1) is 14.2. The number of carbonyl (C=O) groups is 1. The topological polar surface area (TPSA) is 99.6 Å². The number of esters is 1. The molecule has 0 amide bonds. The van der Waals surface area contributed by atoms with Gasteiger partial charge in [-0.2, -0.15) is 5.26 Å². The molecule has 0 saturated carbocycles. The monoisotopic (exact) mass is 407 g/mol. The van der Waals surface area contributed by atoms with Gasteiger partial charge in [0, 0.05) is 13.1 Å². The van der Waals surface area contributed by atoms with Gasteiger partial charge in [-0.25, -0.2) is 4.79 Å². The summed E-state index contributed by atoms with van der Waals surface area (Å²) >= 11 is 0. The number of hydrogen-bond acceptors (Lipinski definition) is 6. The number of ether oxygens (including phenoxy) is 1. The summed E-state index contributed by atoms with van der Waals surface area (Å²) in [4.78, 5) is 14.4. The molecule has 2 aromatic carbocycles. The maximum atomic E-state index is 12.6. The highest BCUT2D eigenvalue weighted by atomic mass is 16.5. The first-order valence-corrected chi connectivity index (χ1v) is 9.96. The fraction of sp³-hybridized carbons (Fsp3) is 0.333. The fourth-order valence-electron chi connectivity index (χ4n) is 3.09. The first kappa shape index (κ1) is 23.0. The van der Waals surface area contributed by atoms with Crippen LogP contribution in [-0.2, 0) is 16.1 Å². The minimum absolute atomic E-state index is 0.0716. The van der Waals surface area contributed by atoms with Gasteiger partial charge in [-0.15, -0.1) is 0 Å². The molecule has 0 unspecified atom stereocenters. The number of benzene rings is 2. The Labute approximate surface area is 178 Å². The maximum absolute atomic E-state index is 12.6. The molecule has 6 heteroatoms. The highest BCUT2D eigenvalue weighted by molar-refractivity contribution is 5.89. The number of nitriles is 1. The minimum atomic E-state index is -1.36. The zero-order valence-corrected chi connectivity index (χ0v) is 18.0. The van der Waals surface area contributed by atoms with Gasteiger partial charge >= 0.3 is 5.97 Å². The van der Waals surface area contributed by atoms with Crippen LogP contribution in [0, 0.1) is 11.3 Å². The lowest BCUT2D eigenvalue weighted by atomic mass is 9.99. The molecule has 2 rings (SSSR count). The number of rotatable bonds is 8. The lowest BCUT2D eigenvalue weighted by Gasteiger charge is -2.30. The quantitative estimate of drug-likeness (QED) is 0.513. The molecule has 0 aliphatic heterocycles. The van der Waals surface area contributed by atoms with E-state index < -0.39 is 11.6 Å². The van der Waals surface area contributed by atoms with Gasteiger partial charge in [-0.3, -0.25) is 0 Å². The van der Waals surface area contributed by atoms with Crippen LogP contribution in [0.1, 0.15) is 38.8 Å². The Bertz CT molecular complexity index is 951. The first-order valence-electron chi connectivity index (χ1n) is 9.96. The molecule has 6 nitrogen and oxygen atoms in total. The second kappa shape index (κ2) is 9.95. The van der Waals surface area contributed by atoms with E-state index in [4.69, 9.17) is 10.5 Å². The van der Waals surface area contributed by atoms with Crippen molar-refractivity contribution in [1.29, 1.82) is 5.26 Å². The van der Waals surface area contributed by atoms with Crippen LogP contribution in [0.4, 0.5) is 0 Å². The molecule has 0 spiro atoms. The number of aliphatic hydroxyl groups is 1. The van der Waals surface area contributed by atoms with Gasteiger partial charge in [0.2, 0.25) is 0 Å². The van der Waals surface area contributed by atoms with E-state index in [0.717, 1.165) is 16.7 Å². The smallest absolute Gasteiger partial charge is 0.356 e. The van der Waals surface area contributed by atoms with Crippen LogP contribution in [0.15, 0.2) is 59.9 Å². The average molecular weight is 408 g/mol. The molecule has 2 aromatic rings. The zero-order valence-electron chi connectivity index (χ0n) is 18.0. The van der Waals surface area contributed by atoms with Gasteiger partial charge in [0.05, 0.1) is 23.9 Å². The second-order valence-electron chi connectivity index (χ2n) is 7.41. The lowest BCUT2D eigenvalue weighted by molar-refractivity contribution is -0.140. The van der Waals surface area contributed by atoms with Crippen LogP contribution < -0.4 is 5.73 Å². The predicted octanol–water partition coefficient (Wildman–Crippen LogP) is 3.55. The molecule has 0 aromatic heterocycles. The molecule has 0 aliphatic rings. The van der Waals surface area contributed by atoms with Crippen molar-refractivity contribution in [1.82, 2.24) is 4.90 Å². The van der Waals surface area contributed by atoms with Gasteiger partial charge in [0.25, 0.3) is 0 Å². The van der Waals surface area contributed by atoms with Crippen molar-refractivity contribution >= 4 is 5.97 Å². The van der Waals surface area contributed by atoms with E-state index in [9.17, 15) is 15.2 Å². The molecule has 0 fully saturated rings. The summed E-state index contributed by atoms with van der Waals surface area (Å²) in [5, 5.41) is 19.7. The molecule has 0 heterocycles. The highest BCUT2D eigenvalue weighted by Gasteiger charge is 2.29. The molecule has 158 valence electrons. The van der Waals surface area contributed by atoms with Crippen molar-refractivity contribution in [3.8, 4) is 17.2 Å². The van der Waals surface area contributed by atoms with Crippen LogP contribution in [-0.4, -0.2) is 34.7 Å². The molecular weight excluding hydrogens is 378 g/mol. The summed E-state index contributed by atoms with van der Waals surface area (Å²) < 4.78 is 5.18. The molecular formula is C24H29N3O3. The van der Waals surface area contributed by atoms with Crippen molar-refractivity contribution in [2.45, 2.75) is 39.8 Å². The summed E-state index contributed by atoms with van der Waals surface area (Å²) in [6, 6.07) is 17.5. The van der Waals surface area contributed by atoms with E-state index in [0.29, 0.717) is 18.7 Å². The Kier molecular flexibility index (Phi) is 7.62. The normalized spacial score (nSPS) is 12.0. The summed E-state index contributed by atoms with van der Waals surface area (Å²) in [5.74, 6) is -0.557. The number of nitrogens with zero attached hydrogens (tertiary/aromatic N) is 2. The summed E-state index contributed by atoms with van der Waals surface area (Å²) in [7, 11) is 0. The van der Waals surface area contributed by atoms with E-state index in [1.807, 2.05) is 49.4 Å². The third-order valence-corrected chi connectivity index (χ3v) is 4.77. The summed E-state index contributed by atoms with van der Waals surface area (Å²) in [6.07, 6.45) is 0. The van der Waals surface area contributed by atoms with Crippen molar-refractivity contribution in [2.24, 2.45) is 5.73 Å². The third-order valence-electron chi connectivity index (χ3n) is 4.77. The van der Waals surface area contributed by atoms with E-state index in [2.05, 4.69) is 6.07 Å². The minimum Gasteiger partial charge on any atom is -0.461 e. The summed E-state index contributed by atoms with van der Waals surface area (Å²) in [6.45, 7) is 7.85. The van der Waals surface area contributed by atoms with Crippen LogP contribution >= 0.6 is 0 Å². The highest BCUT2D eigenvalue weighted by Crippen LogP contribution is 2.25. The molecule has 0 bridgehead atoms. The standard InChI is InChI=1S/C24H29N3O3/c1-5-27(21(23(28)30-6-2)22(26)24(3,4)29)16-17-11-13-18(14-12-17)20-10-8-7-9-19(20)15-25/h7-14,29H,5-6,16,26H2,1-4H3/b22-21-. The van der Waals surface area contributed by atoms with E-state index in [1.54, 1.807) is 17.9 Å². The molecule has 0 atom stereocenters. The molecule has 0 aliphatic carbocycles. The zero-order chi connectivity index (χ0) is 22.3. The van der Waals surface area contributed by atoms with E-state index in [-0.39, 0.29) is 18.0 Å². The Hall–Kier alpha value is -3.30. The predicted molar refractivity (Wildman–Crippen MR) is 117 cm³/mol. The van der Waals surface area contributed by atoms with Crippen LogP contribution in [0.3, 0.4) is 0 Å². The van der Waals surface area contributed by atoms with E-state index in [1.165, 1.54) is 13.8 Å². The Balaban J connectivity index is 2.36. The molecule has 0 saturated heterocycles. The molecule has 3 N–H and O–H groups in total. The Morgan fingerprint density at radius 2 is 1.80 bits per heavy atom. The Morgan fingerprint density at radius 1 is 1.17 bits per heavy atom. The summed E-state index contributed by atoms with van der Waals surface area (Å²) in [5.41, 5.74) is 8.42. The number of likely N-dealkylation sites (N-methyl/N-ethyl adjacent to an activating group) is 1. The van der Waals surface area contributed by atoms with Gasteiger partial charge < -0.3 is 20.5 Å². The molecule has 0 radical (unpaired) electrons. The van der Waals surface area contributed by atoms with Crippen molar-refractivity contribution in [3.63, 3.8) is 0 Å². The van der Waals surface area contributed by atoms with Crippen molar-refractivity contribution in [2.75, 3.05) is 13.2 Å². The number of carbonyl (C=O) groups excluding carboxylic acids is 1. The van der Waals surface area contributed by atoms with Crippen LogP contribution in [0.2, 0.25) is 0 Å².